The molecular weight excluding hydrogens is 332 g/mol. The van der Waals surface area contributed by atoms with Crippen molar-refractivity contribution in [1.29, 1.82) is 0 Å². The predicted molar refractivity (Wildman–Crippen MR) is 89.9 cm³/mol. The molecule has 0 atom stereocenters. The van der Waals surface area contributed by atoms with E-state index in [0.29, 0.717) is 17.0 Å². The van der Waals surface area contributed by atoms with Gasteiger partial charge in [-0.1, -0.05) is 6.92 Å². The van der Waals surface area contributed by atoms with E-state index in [1.54, 1.807) is 13.0 Å². The van der Waals surface area contributed by atoms with Crippen molar-refractivity contribution in [2.45, 2.75) is 11.8 Å². The van der Waals surface area contributed by atoms with E-state index in [0.717, 1.165) is 0 Å². The molecule has 8 heteroatoms. The second-order valence-corrected chi connectivity index (χ2v) is 6.63. The number of phenols is 1. The highest BCUT2D eigenvalue weighted by molar-refractivity contribution is 7.89. The van der Waals surface area contributed by atoms with Crippen molar-refractivity contribution in [2.24, 2.45) is 0 Å². The van der Waals surface area contributed by atoms with E-state index in [-0.39, 0.29) is 17.2 Å². The van der Waals surface area contributed by atoms with Crippen LogP contribution in [0, 0.1) is 0 Å². The molecule has 3 N–H and O–H groups in total. The number of anilines is 1. The Hall–Kier alpha value is -2.58. The monoisotopic (exact) mass is 350 g/mol. The number of rotatable bonds is 6. The standard InChI is InChI=1S/C16H18N2O5S/c1-3-17-24(21,22)13-7-4-11(5-8-13)16(20)18-12-6-9-15(23-2)14(19)10-12/h4-10,17,19H,3H2,1-2H3,(H,18,20). The summed E-state index contributed by atoms with van der Waals surface area (Å²) in [5.74, 6) is -0.222. The smallest absolute Gasteiger partial charge is 0.255 e. The molecule has 0 bridgehead atoms. The van der Waals surface area contributed by atoms with E-state index in [4.69, 9.17) is 4.74 Å². The molecule has 0 saturated heterocycles. The molecule has 0 heterocycles. The number of hydrogen-bond acceptors (Lipinski definition) is 5. The summed E-state index contributed by atoms with van der Waals surface area (Å²) in [4.78, 5) is 12.3. The van der Waals surface area contributed by atoms with Gasteiger partial charge >= 0.3 is 0 Å². The van der Waals surface area contributed by atoms with E-state index < -0.39 is 15.9 Å². The lowest BCUT2D eigenvalue weighted by Gasteiger charge is -2.09. The van der Waals surface area contributed by atoms with Gasteiger partial charge < -0.3 is 15.2 Å². The van der Waals surface area contributed by atoms with Crippen LogP contribution in [-0.4, -0.2) is 33.1 Å². The van der Waals surface area contributed by atoms with Crippen molar-refractivity contribution < 1.29 is 23.1 Å². The summed E-state index contributed by atoms with van der Waals surface area (Å²) in [6.07, 6.45) is 0. The minimum absolute atomic E-state index is 0.0861. The number of methoxy groups -OCH3 is 1. The van der Waals surface area contributed by atoms with Crippen molar-refractivity contribution >= 4 is 21.6 Å². The minimum Gasteiger partial charge on any atom is -0.504 e. The molecule has 0 aromatic heterocycles. The van der Waals surface area contributed by atoms with Gasteiger partial charge in [0, 0.05) is 23.9 Å². The molecule has 2 rings (SSSR count). The Morgan fingerprint density at radius 2 is 1.83 bits per heavy atom. The van der Waals surface area contributed by atoms with Crippen LogP contribution in [0.1, 0.15) is 17.3 Å². The van der Waals surface area contributed by atoms with Gasteiger partial charge in [0.15, 0.2) is 11.5 Å². The molecule has 0 radical (unpaired) electrons. The summed E-state index contributed by atoms with van der Waals surface area (Å²) in [7, 11) is -2.13. The molecule has 2 aromatic rings. The Labute approximate surface area is 140 Å². The maximum atomic E-state index is 12.2. The van der Waals surface area contributed by atoms with Crippen molar-refractivity contribution in [2.75, 3.05) is 19.0 Å². The first-order chi connectivity index (χ1) is 11.4. The largest absolute Gasteiger partial charge is 0.504 e. The van der Waals surface area contributed by atoms with Crippen LogP contribution in [0.25, 0.3) is 0 Å². The fraction of sp³-hybridized carbons (Fsp3) is 0.188. The van der Waals surface area contributed by atoms with Crippen molar-refractivity contribution in [3.8, 4) is 11.5 Å². The molecule has 0 aliphatic heterocycles. The van der Waals surface area contributed by atoms with Gasteiger partial charge in [-0.3, -0.25) is 4.79 Å². The molecule has 0 saturated carbocycles. The zero-order valence-corrected chi connectivity index (χ0v) is 14.1. The highest BCUT2D eigenvalue weighted by Gasteiger charge is 2.14. The van der Waals surface area contributed by atoms with Crippen LogP contribution in [0.3, 0.4) is 0 Å². The van der Waals surface area contributed by atoms with Crippen molar-refractivity contribution in [3.05, 3.63) is 48.0 Å². The van der Waals surface area contributed by atoms with Crippen LogP contribution in [0.4, 0.5) is 5.69 Å². The molecule has 0 spiro atoms. The third-order valence-electron chi connectivity index (χ3n) is 3.20. The zero-order chi connectivity index (χ0) is 17.7. The van der Waals surface area contributed by atoms with Crippen molar-refractivity contribution in [1.82, 2.24) is 4.72 Å². The number of aromatic hydroxyl groups is 1. The van der Waals surface area contributed by atoms with Gasteiger partial charge in [0.1, 0.15) is 0 Å². The second kappa shape index (κ2) is 7.33. The Bertz CT molecular complexity index is 832. The third-order valence-corrected chi connectivity index (χ3v) is 4.76. The number of sulfonamides is 1. The first-order valence-corrected chi connectivity index (χ1v) is 8.63. The topological polar surface area (TPSA) is 105 Å². The maximum absolute atomic E-state index is 12.2. The zero-order valence-electron chi connectivity index (χ0n) is 13.2. The normalized spacial score (nSPS) is 11.1. The number of carbonyl (C=O) groups excluding carboxylic acids is 1. The highest BCUT2D eigenvalue weighted by Crippen LogP contribution is 2.28. The van der Waals surface area contributed by atoms with Crippen LogP contribution in [0.15, 0.2) is 47.4 Å². The molecular formula is C16H18N2O5S. The van der Waals surface area contributed by atoms with Crippen molar-refractivity contribution in [3.63, 3.8) is 0 Å². The van der Waals surface area contributed by atoms with Gasteiger partial charge in [0.05, 0.1) is 12.0 Å². The van der Waals surface area contributed by atoms with Crippen LogP contribution in [0.5, 0.6) is 11.5 Å². The van der Waals surface area contributed by atoms with Crippen LogP contribution in [0.2, 0.25) is 0 Å². The molecule has 0 aliphatic carbocycles. The fourth-order valence-electron chi connectivity index (χ4n) is 2.03. The first kappa shape index (κ1) is 17.8. The number of phenolic OH excluding ortho intramolecular Hbond substituents is 1. The van der Waals surface area contributed by atoms with Gasteiger partial charge in [-0.15, -0.1) is 0 Å². The SMILES string of the molecule is CCNS(=O)(=O)c1ccc(C(=O)Nc2ccc(OC)c(O)c2)cc1. The summed E-state index contributed by atoms with van der Waals surface area (Å²) in [5, 5.41) is 12.3. The fourth-order valence-corrected chi connectivity index (χ4v) is 3.07. The number of benzene rings is 2. The minimum atomic E-state index is -3.55. The molecule has 7 nitrogen and oxygen atoms in total. The van der Waals surface area contributed by atoms with E-state index >= 15 is 0 Å². The van der Waals surface area contributed by atoms with E-state index in [2.05, 4.69) is 10.0 Å². The van der Waals surface area contributed by atoms with E-state index in [1.165, 1.54) is 43.5 Å². The summed E-state index contributed by atoms with van der Waals surface area (Å²) in [5.41, 5.74) is 0.684. The van der Waals surface area contributed by atoms with Gasteiger partial charge in [-0.25, -0.2) is 13.1 Å². The highest BCUT2D eigenvalue weighted by atomic mass is 32.2. The number of amides is 1. The lowest BCUT2D eigenvalue weighted by Crippen LogP contribution is -2.23. The molecule has 24 heavy (non-hydrogen) atoms. The second-order valence-electron chi connectivity index (χ2n) is 4.87. The molecule has 128 valence electrons. The Kier molecular flexibility index (Phi) is 5.42. The Balaban J connectivity index is 2.14. The van der Waals surface area contributed by atoms with Crippen LogP contribution >= 0.6 is 0 Å². The summed E-state index contributed by atoms with van der Waals surface area (Å²) >= 11 is 0. The molecule has 1 amide bonds. The molecule has 0 aliphatic rings. The van der Waals surface area contributed by atoms with Gasteiger partial charge in [-0.2, -0.15) is 0 Å². The summed E-state index contributed by atoms with van der Waals surface area (Å²) < 4.78 is 31.0. The molecule has 2 aromatic carbocycles. The Morgan fingerprint density at radius 1 is 1.17 bits per heavy atom. The lowest BCUT2D eigenvalue weighted by atomic mass is 10.2. The van der Waals surface area contributed by atoms with E-state index in [9.17, 15) is 18.3 Å². The summed E-state index contributed by atoms with van der Waals surface area (Å²) in [6.45, 7) is 1.97. The quantitative estimate of drug-likeness (QED) is 0.738. The van der Waals surface area contributed by atoms with E-state index in [1.807, 2.05) is 0 Å². The van der Waals surface area contributed by atoms with Crippen LogP contribution in [-0.2, 0) is 10.0 Å². The van der Waals surface area contributed by atoms with Gasteiger partial charge in [0.2, 0.25) is 10.0 Å². The van der Waals surface area contributed by atoms with Gasteiger partial charge in [0.25, 0.3) is 5.91 Å². The Morgan fingerprint density at radius 3 is 2.38 bits per heavy atom. The first-order valence-electron chi connectivity index (χ1n) is 7.15. The number of nitrogens with one attached hydrogen (secondary N) is 2. The predicted octanol–water partition coefficient (Wildman–Crippen LogP) is 1.95. The third kappa shape index (κ3) is 4.03. The number of ether oxygens (including phenoxy) is 1. The lowest BCUT2D eigenvalue weighted by molar-refractivity contribution is 0.102. The molecule has 0 unspecified atom stereocenters. The summed E-state index contributed by atoms with van der Waals surface area (Å²) in [6, 6.07) is 10.0. The average Bonchev–Trinajstić information content (AvgIpc) is 2.55. The number of carbonyl (C=O) groups is 1. The van der Waals surface area contributed by atoms with Gasteiger partial charge in [-0.05, 0) is 36.4 Å². The number of hydrogen-bond donors (Lipinski definition) is 3. The van der Waals surface area contributed by atoms with Crippen LogP contribution < -0.4 is 14.8 Å². The maximum Gasteiger partial charge on any atom is 0.255 e. The molecule has 0 fully saturated rings. The average molecular weight is 350 g/mol.